The SMILES string of the molecule is COCC(C)(C)[C@@H]1Cc2cc(OCC3(COCCOCC(C)(C)[C@@H]4Cc5cc(OC6CC(OC)C6)c(OC)cc5-c5cc(=O)c(C(=O)O)cn54)CC3)c(OC)cc2-c2cc(=O)c(C(=O)O)cn21. The Kier molecular flexibility index (Phi) is 13.4. The summed E-state index contributed by atoms with van der Waals surface area (Å²) in [5.41, 5.74) is 1.85. The quantitative estimate of drug-likeness (QED) is 0.0804. The molecule has 0 saturated heterocycles. The Morgan fingerprint density at radius 1 is 0.657 bits per heavy atom. The first kappa shape index (κ1) is 47.8. The average molecular weight is 927 g/mol. The van der Waals surface area contributed by atoms with Crippen LogP contribution in [0.15, 0.2) is 58.4 Å². The number of hydrogen-bond acceptors (Lipinski definition) is 12. The Bertz CT molecular complexity index is 2650. The minimum Gasteiger partial charge on any atom is -0.493 e. The van der Waals surface area contributed by atoms with Crippen molar-refractivity contribution in [3.8, 4) is 45.5 Å². The Balaban J connectivity index is 0.910. The van der Waals surface area contributed by atoms with E-state index in [1.54, 1.807) is 28.4 Å². The number of benzene rings is 2. The molecule has 2 atom stereocenters. The highest BCUT2D eigenvalue weighted by Gasteiger charge is 2.45. The first-order chi connectivity index (χ1) is 31.9. The summed E-state index contributed by atoms with van der Waals surface area (Å²) in [6.07, 6.45) is 7.56. The van der Waals surface area contributed by atoms with Crippen LogP contribution in [0.1, 0.15) is 97.3 Å². The zero-order valence-corrected chi connectivity index (χ0v) is 39.6. The van der Waals surface area contributed by atoms with E-state index in [-0.39, 0.29) is 40.8 Å². The predicted octanol–water partition coefficient (Wildman–Crippen LogP) is 7.10. The molecule has 0 radical (unpaired) electrons. The molecular weight excluding hydrogens is 865 g/mol. The highest BCUT2D eigenvalue weighted by Crippen LogP contribution is 2.50. The number of aromatic nitrogens is 2. The van der Waals surface area contributed by atoms with Crippen molar-refractivity contribution in [2.45, 2.75) is 90.5 Å². The molecule has 0 amide bonds. The highest BCUT2D eigenvalue weighted by molar-refractivity contribution is 5.88. The Morgan fingerprint density at radius 3 is 1.66 bits per heavy atom. The minimum atomic E-state index is -1.28. The fourth-order valence-corrected chi connectivity index (χ4v) is 9.86. The third kappa shape index (κ3) is 9.58. The van der Waals surface area contributed by atoms with E-state index in [1.165, 1.54) is 24.5 Å². The molecule has 2 aromatic carbocycles. The second kappa shape index (κ2) is 18.8. The van der Waals surface area contributed by atoms with Crippen LogP contribution in [0.4, 0.5) is 0 Å². The molecule has 2 aliphatic carbocycles. The fourth-order valence-electron chi connectivity index (χ4n) is 9.86. The summed E-state index contributed by atoms with van der Waals surface area (Å²) in [7, 11) is 6.47. The van der Waals surface area contributed by atoms with Gasteiger partial charge in [-0.1, -0.05) is 27.7 Å². The van der Waals surface area contributed by atoms with Gasteiger partial charge in [0.15, 0.2) is 33.9 Å². The molecule has 4 aromatic rings. The summed E-state index contributed by atoms with van der Waals surface area (Å²) in [5.74, 6) is -0.334. The first-order valence-corrected chi connectivity index (χ1v) is 22.8. The third-order valence-corrected chi connectivity index (χ3v) is 14.2. The number of pyridine rings is 2. The number of rotatable bonds is 21. The van der Waals surface area contributed by atoms with Crippen molar-refractivity contribution >= 4 is 11.9 Å². The maximum Gasteiger partial charge on any atom is 0.341 e. The van der Waals surface area contributed by atoms with Crippen LogP contribution >= 0.6 is 0 Å². The molecule has 2 saturated carbocycles. The number of nitrogens with zero attached hydrogens (tertiary/aromatic N) is 2. The van der Waals surface area contributed by atoms with E-state index in [4.69, 9.17) is 37.9 Å². The monoisotopic (exact) mass is 926 g/mol. The lowest BCUT2D eigenvalue weighted by Gasteiger charge is -2.41. The topological polar surface area (TPSA) is 192 Å². The predicted molar refractivity (Wildman–Crippen MR) is 247 cm³/mol. The van der Waals surface area contributed by atoms with Gasteiger partial charge in [0.05, 0.1) is 71.4 Å². The molecule has 4 heterocycles. The van der Waals surface area contributed by atoms with Crippen molar-refractivity contribution in [3.05, 3.63) is 91.5 Å². The summed E-state index contributed by atoms with van der Waals surface area (Å²) >= 11 is 0. The van der Waals surface area contributed by atoms with E-state index in [9.17, 15) is 29.4 Å². The van der Waals surface area contributed by atoms with Gasteiger partial charge in [-0.05, 0) is 61.1 Å². The van der Waals surface area contributed by atoms with Gasteiger partial charge in [0.2, 0.25) is 0 Å². The second-order valence-corrected chi connectivity index (χ2v) is 19.9. The molecule has 2 aliphatic heterocycles. The van der Waals surface area contributed by atoms with Crippen molar-refractivity contribution in [1.29, 1.82) is 0 Å². The van der Waals surface area contributed by atoms with Crippen LogP contribution in [-0.2, 0) is 31.8 Å². The molecule has 16 heteroatoms. The molecule has 0 bridgehead atoms. The minimum absolute atomic E-state index is 0.00150. The normalized spacial score (nSPS) is 20.1. The molecule has 8 rings (SSSR count). The van der Waals surface area contributed by atoms with E-state index >= 15 is 0 Å². The van der Waals surface area contributed by atoms with Crippen molar-refractivity contribution in [1.82, 2.24) is 9.13 Å². The molecule has 2 fully saturated rings. The van der Waals surface area contributed by atoms with E-state index in [2.05, 4.69) is 27.7 Å². The largest absolute Gasteiger partial charge is 0.493 e. The van der Waals surface area contributed by atoms with Gasteiger partial charge in [-0.15, -0.1) is 0 Å². The summed E-state index contributed by atoms with van der Waals surface area (Å²) in [6, 6.07) is 9.98. The zero-order valence-electron chi connectivity index (χ0n) is 39.6. The number of methoxy groups -OCH3 is 4. The van der Waals surface area contributed by atoms with E-state index in [0.717, 1.165) is 47.9 Å². The number of aromatic carboxylic acids is 2. The van der Waals surface area contributed by atoms with Gasteiger partial charge in [0.25, 0.3) is 0 Å². The summed E-state index contributed by atoms with van der Waals surface area (Å²) < 4.78 is 51.7. The van der Waals surface area contributed by atoms with Gasteiger partial charge >= 0.3 is 11.9 Å². The van der Waals surface area contributed by atoms with Crippen LogP contribution in [0.3, 0.4) is 0 Å². The lowest BCUT2D eigenvalue weighted by Crippen LogP contribution is -2.39. The van der Waals surface area contributed by atoms with Crippen molar-refractivity contribution < 1.29 is 57.7 Å². The molecule has 360 valence electrons. The maximum atomic E-state index is 13.1. The van der Waals surface area contributed by atoms with Crippen LogP contribution in [0.5, 0.6) is 23.0 Å². The molecule has 2 aromatic heterocycles. The standard InChI is InChI=1S/C51H62N2O14/c1-49(2,25-60-5)45-15-29-13-43(41(62-7)19-33(29)37-21-39(54)35(47(56)57)23-52(37)45)66-28-51(9-10-51)27-65-12-11-64-26-50(3,4)46-16-30-14-44(67-32-17-31(18-32)61-6)42(63-8)20-34(30)38-22-40(55)36(48(58)59)24-53(38)46/h13-14,19-24,31-32,45-46H,9-12,15-18,25-28H2,1-8H3,(H,56,57)(H,58,59)/t31?,32?,45-,46-/m0/s1. The van der Waals surface area contributed by atoms with Gasteiger partial charge in [-0.3, -0.25) is 9.59 Å². The number of carboxylic acids is 2. The van der Waals surface area contributed by atoms with E-state index < -0.39 is 33.6 Å². The van der Waals surface area contributed by atoms with Gasteiger partial charge < -0.3 is 57.2 Å². The smallest absolute Gasteiger partial charge is 0.341 e. The zero-order chi connectivity index (χ0) is 48.0. The first-order valence-electron chi connectivity index (χ1n) is 22.8. The van der Waals surface area contributed by atoms with Gasteiger partial charge in [0, 0.05) is 91.0 Å². The number of carboxylic acid groups (broad SMARTS) is 2. The molecule has 0 unspecified atom stereocenters. The maximum absolute atomic E-state index is 13.1. The van der Waals surface area contributed by atoms with Crippen molar-refractivity contribution in [2.75, 3.05) is 68.1 Å². The van der Waals surface area contributed by atoms with Crippen LogP contribution in [-0.4, -0.2) is 112 Å². The lowest BCUT2D eigenvalue weighted by molar-refractivity contribution is -0.0388. The van der Waals surface area contributed by atoms with Crippen LogP contribution < -0.4 is 29.8 Å². The summed E-state index contributed by atoms with van der Waals surface area (Å²) in [6.45, 7) is 10.6. The molecule has 67 heavy (non-hydrogen) atoms. The summed E-state index contributed by atoms with van der Waals surface area (Å²) in [5, 5.41) is 19.7. The van der Waals surface area contributed by atoms with Crippen molar-refractivity contribution in [2.24, 2.45) is 16.2 Å². The Morgan fingerprint density at radius 2 is 1.16 bits per heavy atom. The van der Waals surface area contributed by atoms with Crippen LogP contribution in [0.25, 0.3) is 22.5 Å². The molecule has 2 N–H and O–H groups in total. The lowest BCUT2D eigenvalue weighted by atomic mass is 9.77. The number of carbonyl (C=O) groups is 2. The van der Waals surface area contributed by atoms with Crippen molar-refractivity contribution in [3.63, 3.8) is 0 Å². The summed E-state index contributed by atoms with van der Waals surface area (Å²) in [4.78, 5) is 50.2. The van der Waals surface area contributed by atoms with Gasteiger partial charge in [0.1, 0.15) is 17.2 Å². The van der Waals surface area contributed by atoms with Crippen LogP contribution in [0, 0.1) is 16.2 Å². The Hall–Kier alpha value is -5.68. The Labute approximate surface area is 389 Å². The second-order valence-electron chi connectivity index (χ2n) is 19.9. The van der Waals surface area contributed by atoms with Crippen LogP contribution in [0.2, 0.25) is 0 Å². The average Bonchev–Trinajstić information content (AvgIpc) is 4.05. The molecular formula is C51H62N2O14. The van der Waals surface area contributed by atoms with E-state index in [1.807, 2.05) is 33.4 Å². The fraction of sp³-hybridized carbons (Fsp3) is 0.529. The molecule has 4 aliphatic rings. The highest BCUT2D eigenvalue weighted by atomic mass is 16.5. The number of ether oxygens (including phenoxy) is 8. The molecule has 0 spiro atoms. The van der Waals surface area contributed by atoms with Gasteiger partial charge in [-0.2, -0.15) is 0 Å². The van der Waals surface area contributed by atoms with Gasteiger partial charge in [-0.25, -0.2) is 9.59 Å². The third-order valence-electron chi connectivity index (χ3n) is 14.2. The number of fused-ring (bicyclic) bond motifs is 6. The molecule has 16 nitrogen and oxygen atoms in total. The number of hydrogen-bond donors (Lipinski definition) is 2. The van der Waals surface area contributed by atoms with E-state index in [0.29, 0.717) is 86.9 Å².